The summed E-state index contributed by atoms with van der Waals surface area (Å²) < 4.78 is 0. The number of benzene rings is 1. The lowest BCUT2D eigenvalue weighted by Crippen LogP contribution is -1.94. The van der Waals surface area contributed by atoms with Crippen LogP contribution < -0.4 is 11.5 Å². The fraction of sp³-hybridized carbons (Fsp3) is 0. The molecule has 13 heavy (non-hydrogen) atoms. The normalized spacial score (nSPS) is 9.54. The Morgan fingerprint density at radius 2 is 1.85 bits per heavy atom. The molecule has 0 saturated heterocycles. The van der Waals surface area contributed by atoms with E-state index in [-0.39, 0.29) is 5.48 Å². The molecule has 5 heteroatoms. The first-order chi connectivity index (χ1) is 5.77. The van der Waals surface area contributed by atoms with Crippen molar-refractivity contribution < 1.29 is 5.48 Å². The number of nitrogen functional groups attached to an aromatic ring is 2. The maximum Gasteiger partial charge on any atom is 0.134 e. The molecule has 1 heterocycles. The molecule has 2 aromatic rings. The van der Waals surface area contributed by atoms with Gasteiger partial charge in [0.15, 0.2) is 0 Å². The first kappa shape index (κ1) is 9.21. The summed E-state index contributed by atoms with van der Waals surface area (Å²) in [6.45, 7) is 0. The molecule has 0 atom stereocenters. The summed E-state index contributed by atoms with van der Waals surface area (Å²) in [5.74, 6) is 0.465. The second-order valence-corrected chi connectivity index (χ2v) is 2.54. The predicted octanol–water partition coefficient (Wildman–Crippen LogP) is -0.0305. The van der Waals surface area contributed by atoms with E-state index in [1.54, 1.807) is 12.1 Å². The third-order valence-electron chi connectivity index (χ3n) is 1.69. The fourth-order valence-corrected chi connectivity index (χ4v) is 1.09. The van der Waals surface area contributed by atoms with Gasteiger partial charge in [0.25, 0.3) is 0 Å². The molecule has 5 nitrogen and oxygen atoms in total. The van der Waals surface area contributed by atoms with Gasteiger partial charge in [-0.3, -0.25) is 0 Å². The molecule has 0 amide bonds. The van der Waals surface area contributed by atoms with Crippen LogP contribution in [0.3, 0.4) is 0 Å². The Morgan fingerprint density at radius 3 is 2.62 bits per heavy atom. The summed E-state index contributed by atoms with van der Waals surface area (Å²) in [7, 11) is 0. The molecular formula is C8H10N4O. The topological polar surface area (TPSA) is 109 Å². The Hall–Kier alpha value is -1.88. The molecule has 0 aliphatic heterocycles. The minimum absolute atomic E-state index is 0. The lowest BCUT2D eigenvalue weighted by Gasteiger charge is -1.99. The first-order valence-corrected chi connectivity index (χ1v) is 3.53. The number of aromatic nitrogens is 2. The molecule has 6 N–H and O–H groups in total. The highest BCUT2D eigenvalue weighted by Crippen LogP contribution is 2.18. The molecule has 0 fully saturated rings. The van der Waals surface area contributed by atoms with Crippen molar-refractivity contribution in [2.45, 2.75) is 0 Å². The van der Waals surface area contributed by atoms with Crippen molar-refractivity contribution in [2.24, 2.45) is 0 Å². The molecular weight excluding hydrogens is 168 g/mol. The molecule has 0 spiro atoms. The number of fused-ring (bicyclic) bond motifs is 1. The summed E-state index contributed by atoms with van der Waals surface area (Å²) in [5.41, 5.74) is 12.7. The van der Waals surface area contributed by atoms with Gasteiger partial charge < -0.3 is 16.9 Å². The molecule has 1 aromatic carbocycles. The molecule has 2 rings (SSSR count). The zero-order valence-electron chi connectivity index (χ0n) is 6.86. The minimum atomic E-state index is 0. The average molecular weight is 178 g/mol. The summed E-state index contributed by atoms with van der Waals surface area (Å²) in [5, 5.41) is 0.803. The molecule has 0 bridgehead atoms. The van der Waals surface area contributed by atoms with Gasteiger partial charge in [0.05, 0.1) is 5.52 Å². The van der Waals surface area contributed by atoms with Gasteiger partial charge in [-0.2, -0.15) is 0 Å². The van der Waals surface area contributed by atoms with Crippen LogP contribution in [0.25, 0.3) is 10.9 Å². The Labute approximate surface area is 74.7 Å². The Kier molecular flexibility index (Phi) is 2.29. The molecule has 0 aliphatic carbocycles. The lowest BCUT2D eigenvalue weighted by molar-refractivity contribution is 0.824. The minimum Gasteiger partial charge on any atom is -0.412 e. The Morgan fingerprint density at radius 1 is 1.08 bits per heavy atom. The van der Waals surface area contributed by atoms with Gasteiger partial charge >= 0.3 is 0 Å². The zero-order valence-corrected chi connectivity index (χ0v) is 6.86. The van der Waals surface area contributed by atoms with Crippen LogP contribution in [0.5, 0.6) is 0 Å². The van der Waals surface area contributed by atoms with E-state index >= 15 is 0 Å². The van der Waals surface area contributed by atoms with E-state index in [0.29, 0.717) is 11.5 Å². The van der Waals surface area contributed by atoms with Crippen LogP contribution >= 0.6 is 0 Å². The van der Waals surface area contributed by atoms with E-state index in [1.165, 1.54) is 6.33 Å². The van der Waals surface area contributed by atoms with E-state index in [1.807, 2.05) is 6.07 Å². The van der Waals surface area contributed by atoms with Crippen molar-refractivity contribution in [2.75, 3.05) is 11.5 Å². The van der Waals surface area contributed by atoms with Gasteiger partial charge in [-0.1, -0.05) is 0 Å². The van der Waals surface area contributed by atoms with Gasteiger partial charge in [0.2, 0.25) is 0 Å². The van der Waals surface area contributed by atoms with Crippen molar-refractivity contribution in [3.63, 3.8) is 0 Å². The molecule has 0 aliphatic rings. The zero-order chi connectivity index (χ0) is 8.55. The summed E-state index contributed by atoms with van der Waals surface area (Å²) in [6.07, 6.45) is 1.44. The molecule has 68 valence electrons. The second-order valence-electron chi connectivity index (χ2n) is 2.54. The second kappa shape index (κ2) is 3.24. The number of nitrogens with zero attached hydrogens (tertiary/aromatic N) is 2. The number of rotatable bonds is 0. The Balaban J connectivity index is 0.000000845. The standard InChI is InChI=1S/C8H8N4.H2O/c9-5-1-2-7-6(3-5)8(10)12-4-11-7;/h1-4H,9H2,(H2,10,11,12);1H2. The highest BCUT2D eigenvalue weighted by atomic mass is 16.0. The van der Waals surface area contributed by atoms with Gasteiger partial charge in [0.1, 0.15) is 12.1 Å². The van der Waals surface area contributed by atoms with Crippen molar-refractivity contribution in [3.8, 4) is 0 Å². The quantitative estimate of drug-likeness (QED) is 0.552. The van der Waals surface area contributed by atoms with Gasteiger partial charge in [0, 0.05) is 11.1 Å². The van der Waals surface area contributed by atoms with Crippen LogP contribution in [0.2, 0.25) is 0 Å². The predicted molar refractivity (Wildman–Crippen MR) is 52.0 cm³/mol. The fourth-order valence-electron chi connectivity index (χ4n) is 1.09. The number of nitrogens with two attached hydrogens (primary N) is 2. The van der Waals surface area contributed by atoms with Gasteiger partial charge in [-0.15, -0.1) is 0 Å². The van der Waals surface area contributed by atoms with Gasteiger partial charge in [-0.05, 0) is 18.2 Å². The smallest absolute Gasteiger partial charge is 0.134 e. The van der Waals surface area contributed by atoms with E-state index in [9.17, 15) is 0 Å². The Bertz CT molecular complexity index is 429. The number of hydrogen-bond donors (Lipinski definition) is 2. The summed E-state index contributed by atoms with van der Waals surface area (Å²) >= 11 is 0. The van der Waals surface area contributed by atoms with E-state index in [2.05, 4.69) is 9.97 Å². The van der Waals surface area contributed by atoms with Crippen LogP contribution in [-0.2, 0) is 0 Å². The van der Waals surface area contributed by atoms with Crippen molar-refractivity contribution in [3.05, 3.63) is 24.5 Å². The van der Waals surface area contributed by atoms with Crippen molar-refractivity contribution in [1.29, 1.82) is 0 Å². The molecule has 0 unspecified atom stereocenters. The van der Waals surface area contributed by atoms with Crippen LogP contribution in [-0.4, -0.2) is 15.4 Å². The maximum atomic E-state index is 5.62. The molecule has 0 saturated carbocycles. The van der Waals surface area contributed by atoms with E-state index in [4.69, 9.17) is 11.5 Å². The first-order valence-electron chi connectivity index (χ1n) is 3.53. The van der Waals surface area contributed by atoms with Crippen LogP contribution in [0.15, 0.2) is 24.5 Å². The van der Waals surface area contributed by atoms with Crippen LogP contribution in [0.1, 0.15) is 0 Å². The van der Waals surface area contributed by atoms with E-state index < -0.39 is 0 Å². The highest BCUT2D eigenvalue weighted by Gasteiger charge is 1.98. The SMILES string of the molecule is Nc1ccc2ncnc(N)c2c1.O. The van der Waals surface area contributed by atoms with Crippen molar-refractivity contribution >= 4 is 22.4 Å². The largest absolute Gasteiger partial charge is 0.412 e. The number of hydrogen-bond acceptors (Lipinski definition) is 4. The lowest BCUT2D eigenvalue weighted by atomic mass is 10.2. The van der Waals surface area contributed by atoms with Crippen LogP contribution in [0, 0.1) is 0 Å². The number of anilines is 2. The molecule has 0 radical (unpaired) electrons. The summed E-state index contributed by atoms with van der Waals surface area (Å²) in [6, 6.07) is 5.38. The third-order valence-corrected chi connectivity index (χ3v) is 1.69. The average Bonchev–Trinajstić information content (AvgIpc) is 2.07. The monoisotopic (exact) mass is 178 g/mol. The van der Waals surface area contributed by atoms with Crippen molar-refractivity contribution in [1.82, 2.24) is 9.97 Å². The third kappa shape index (κ3) is 1.50. The van der Waals surface area contributed by atoms with Crippen LogP contribution in [0.4, 0.5) is 11.5 Å². The maximum absolute atomic E-state index is 5.62. The summed E-state index contributed by atoms with van der Waals surface area (Å²) in [4.78, 5) is 7.90. The van der Waals surface area contributed by atoms with Gasteiger partial charge in [-0.25, -0.2) is 9.97 Å². The highest BCUT2D eigenvalue weighted by molar-refractivity contribution is 5.89. The van der Waals surface area contributed by atoms with E-state index in [0.717, 1.165) is 10.9 Å². The molecule has 1 aromatic heterocycles.